The summed E-state index contributed by atoms with van der Waals surface area (Å²) in [6.07, 6.45) is 2.07. The molecule has 0 aliphatic carbocycles. The summed E-state index contributed by atoms with van der Waals surface area (Å²) in [5.41, 5.74) is 0.627. The smallest absolute Gasteiger partial charge is 0.410 e. The second-order valence-corrected chi connectivity index (χ2v) is 11.4. The zero-order valence-corrected chi connectivity index (χ0v) is 22.8. The van der Waals surface area contributed by atoms with E-state index in [1.807, 2.05) is 6.92 Å². The molecule has 4 aliphatic rings. The average Bonchev–Trinajstić information content (AvgIpc) is 3.62. The molecular weight excluding hydrogens is 528 g/mol. The van der Waals surface area contributed by atoms with E-state index in [0.29, 0.717) is 30.0 Å². The first-order chi connectivity index (χ1) is 18.6. The van der Waals surface area contributed by atoms with Gasteiger partial charge in [-0.05, 0) is 13.3 Å². The molecule has 39 heavy (non-hydrogen) atoms. The van der Waals surface area contributed by atoms with Crippen LogP contribution in [0.2, 0.25) is 0 Å². The van der Waals surface area contributed by atoms with Gasteiger partial charge in [0.1, 0.15) is 25.0 Å². The summed E-state index contributed by atoms with van der Waals surface area (Å²) < 4.78 is 10.5. The number of ether oxygens (including phenoxy) is 2. The van der Waals surface area contributed by atoms with Crippen LogP contribution in [0.25, 0.3) is 0 Å². The Morgan fingerprint density at radius 2 is 1.92 bits per heavy atom. The molecule has 0 aromatic carbocycles. The minimum atomic E-state index is -0.882. The van der Waals surface area contributed by atoms with Crippen LogP contribution >= 0.6 is 11.8 Å². The Balaban J connectivity index is 1.60. The van der Waals surface area contributed by atoms with Gasteiger partial charge in [0.15, 0.2) is 0 Å². The standard InChI is InChI=1S/C26H34N4O8S/c1-5-9-37-25(34)21-22(14(3)20-19(15(4)31)24(33)30(20)21)39-17-11-18(29(13-17)26(35)38-10-6-2)23(32)28-8-7-16(12-28)27-36/h5-6,14-15,17-20,31,36H,1-2,7-13H2,3-4H3/b27-16+/t14-,15-,17+,18+,19-,20-/m1/s1. The van der Waals surface area contributed by atoms with Crippen LogP contribution in [-0.4, -0.2) is 111 Å². The van der Waals surface area contributed by atoms with E-state index >= 15 is 0 Å². The van der Waals surface area contributed by atoms with Crippen molar-refractivity contribution in [3.8, 4) is 0 Å². The Bertz CT molecular complexity index is 1120. The van der Waals surface area contributed by atoms with E-state index in [4.69, 9.17) is 14.7 Å². The molecule has 212 valence electrons. The Morgan fingerprint density at radius 3 is 2.54 bits per heavy atom. The van der Waals surface area contributed by atoms with Gasteiger partial charge >= 0.3 is 12.1 Å². The molecule has 6 atom stereocenters. The molecule has 4 rings (SSSR count). The average molecular weight is 563 g/mol. The highest BCUT2D eigenvalue weighted by molar-refractivity contribution is 8.03. The fourth-order valence-electron chi connectivity index (χ4n) is 5.71. The molecule has 13 heteroatoms. The molecule has 0 unspecified atom stereocenters. The molecule has 0 aromatic rings. The van der Waals surface area contributed by atoms with Crippen LogP contribution in [0.15, 0.2) is 41.1 Å². The van der Waals surface area contributed by atoms with E-state index in [2.05, 4.69) is 18.3 Å². The Kier molecular flexibility index (Phi) is 8.70. The van der Waals surface area contributed by atoms with E-state index in [9.17, 15) is 24.3 Å². The SMILES string of the molecule is C=CCOC(=O)C1=C(S[C@H]2C[C@@H](C(=O)N3CC/C(=N\O)C3)N(C(=O)OCC=C)C2)[C@H](C)[C@@H]2[C@@H]([C@@H](C)O)C(=O)N12. The van der Waals surface area contributed by atoms with Crippen molar-refractivity contribution in [2.24, 2.45) is 17.0 Å². The fourth-order valence-corrected chi connectivity index (χ4v) is 7.23. The van der Waals surface area contributed by atoms with Crippen LogP contribution in [0, 0.1) is 11.8 Å². The highest BCUT2D eigenvalue weighted by Gasteiger charge is 2.60. The lowest BCUT2D eigenvalue weighted by molar-refractivity contribution is -0.164. The van der Waals surface area contributed by atoms with E-state index in [1.165, 1.54) is 33.7 Å². The van der Waals surface area contributed by atoms with Crippen molar-refractivity contribution in [1.29, 1.82) is 0 Å². The number of fused-ring (bicyclic) bond motifs is 1. The van der Waals surface area contributed by atoms with Gasteiger partial charge in [-0.25, -0.2) is 9.59 Å². The van der Waals surface area contributed by atoms with Gasteiger partial charge in [0, 0.05) is 35.6 Å². The first-order valence-electron chi connectivity index (χ1n) is 12.9. The Morgan fingerprint density at radius 1 is 1.23 bits per heavy atom. The maximum atomic E-state index is 13.4. The summed E-state index contributed by atoms with van der Waals surface area (Å²) in [4.78, 5) is 57.3. The highest BCUT2D eigenvalue weighted by atomic mass is 32.2. The molecule has 0 spiro atoms. The van der Waals surface area contributed by atoms with E-state index < -0.39 is 30.1 Å². The number of β-lactam (4-membered cyclic amide) rings is 1. The van der Waals surface area contributed by atoms with Gasteiger partial charge in [0.2, 0.25) is 11.8 Å². The third-order valence-corrected chi connectivity index (χ3v) is 9.03. The van der Waals surface area contributed by atoms with Crippen LogP contribution in [0.3, 0.4) is 0 Å². The molecule has 4 aliphatic heterocycles. The minimum Gasteiger partial charge on any atom is -0.457 e. The molecule has 3 amide bonds. The number of carbonyl (C=O) groups excluding carboxylic acids is 4. The zero-order valence-electron chi connectivity index (χ0n) is 22.0. The Hall–Kier alpha value is -3.32. The van der Waals surface area contributed by atoms with Crippen molar-refractivity contribution in [3.05, 3.63) is 35.9 Å². The molecule has 0 radical (unpaired) electrons. The summed E-state index contributed by atoms with van der Waals surface area (Å²) in [7, 11) is 0. The number of oxime groups is 1. The highest BCUT2D eigenvalue weighted by Crippen LogP contribution is 2.52. The van der Waals surface area contributed by atoms with Gasteiger partial charge in [-0.15, -0.1) is 11.8 Å². The van der Waals surface area contributed by atoms with Gasteiger partial charge in [-0.1, -0.05) is 37.4 Å². The van der Waals surface area contributed by atoms with Crippen molar-refractivity contribution in [1.82, 2.24) is 14.7 Å². The molecule has 2 N–H and O–H groups in total. The quantitative estimate of drug-likeness (QED) is 0.140. The van der Waals surface area contributed by atoms with Crippen LogP contribution < -0.4 is 0 Å². The third kappa shape index (κ3) is 5.29. The van der Waals surface area contributed by atoms with Crippen molar-refractivity contribution < 1.29 is 39.0 Å². The van der Waals surface area contributed by atoms with Crippen LogP contribution in [-0.2, 0) is 23.9 Å². The van der Waals surface area contributed by atoms with Gasteiger partial charge < -0.3 is 29.6 Å². The predicted octanol–water partition coefficient (Wildman–Crippen LogP) is 1.35. The summed E-state index contributed by atoms with van der Waals surface area (Å²) in [5, 5.41) is 22.2. The van der Waals surface area contributed by atoms with Gasteiger partial charge in [-0.3, -0.25) is 14.5 Å². The fraction of sp³-hybridized carbons (Fsp3) is 0.577. The van der Waals surface area contributed by atoms with Crippen LogP contribution in [0.5, 0.6) is 0 Å². The molecule has 0 bridgehead atoms. The monoisotopic (exact) mass is 562 g/mol. The summed E-state index contributed by atoms with van der Waals surface area (Å²) >= 11 is 1.34. The first-order valence-corrected chi connectivity index (χ1v) is 13.7. The molecule has 12 nitrogen and oxygen atoms in total. The van der Waals surface area contributed by atoms with Gasteiger partial charge in [-0.2, -0.15) is 0 Å². The number of thioether (sulfide) groups is 1. The molecule has 0 aromatic heterocycles. The number of hydrogen-bond donors (Lipinski definition) is 2. The van der Waals surface area contributed by atoms with Crippen molar-refractivity contribution in [2.75, 3.05) is 32.8 Å². The van der Waals surface area contributed by atoms with E-state index in [0.717, 1.165) is 0 Å². The lowest BCUT2D eigenvalue weighted by Crippen LogP contribution is -2.63. The number of aliphatic hydroxyl groups excluding tert-OH is 1. The number of rotatable bonds is 9. The summed E-state index contributed by atoms with van der Waals surface area (Å²) in [6, 6.07) is -1.20. The largest absolute Gasteiger partial charge is 0.457 e. The van der Waals surface area contributed by atoms with Crippen molar-refractivity contribution in [2.45, 2.75) is 50.1 Å². The van der Waals surface area contributed by atoms with E-state index in [1.54, 1.807) is 11.8 Å². The zero-order chi connectivity index (χ0) is 28.4. The van der Waals surface area contributed by atoms with Crippen molar-refractivity contribution in [3.63, 3.8) is 0 Å². The molecule has 3 fully saturated rings. The summed E-state index contributed by atoms with van der Waals surface area (Å²) in [6.45, 7) is 11.3. The number of aliphatic hydroxyl groups is 1. The number of carbonyl (C=O) groups is 4. The topological polar surface area (TPSA) is 149 Å². The lowest BCUT2D eigenvalue weighted by atomic mass is 9.79. The van der Waals surface area contributed by atoms with E-state index in [-0.39, 0.29) is 61.0 Å². The number of nitrogens with zero attached hydrogens (tertiary/aromatic N) is 4. The molecule has 3 saturated heterocycles. The van der Waals surface area contributed by atoms with Crippen LogP contribution in [0.4, 0.5) is 4.79 Å². The lowest BCUT2D eigenvalue weighted by Gasteiger charge is -2.46. The second kappa shape index (κ2) is 11.8. The maximum absolute atomic E-state index is 13.4. The predicted molar refractivity (Wildman–Crippen MR) is 142 cm³/mol. The number of esters is 1. The number of amides is 3. The number of likely N-dealkylation sites (tertiary alicyclic amines) is 2. The minimum absolute atomic E-state index is 0.0138. The molecule has 0 saturated carbocycles. The first kappa shape index (κ1) is 28.7. The van der Waals surface area contributed by atoms with Crippen molar-refractivity contribution >= 4 is 41.4 Å². The third-order valence-electron chi connectivity index (χ3n) is 7.53. The van der Waals surface area contributed by atoms with Gasteiger partial charge in [0.05, 0.1) is 30.3 Å². The normalized spacial score (nSPS) is 29.8. The number of hydrogen-bond acceptors (Lipinski definition) is 10. The van der Waals surface area contributed by atoms with Gasteiger partial charge in [0.25, 0.3) is 0 Å². The molecular formula is C26H34N4O8S. The summed E-state index contributed by atoms with van der Waals surface area (Å²) in [5.74, 6) is -2.19. The Labute approximate surface area is 230 Å². The van der Waals surface area contributed by atoms with Crippen LogP contribution in [0.1, 0.15) is 26.7 Å². The molecule has 4 heterocycles. The maximum Gasteiger partial charge on any atom is 0.410 e. The second-order valence-electron chi connectivity index (χ2n) is 10.0.